The third kappa shape index (κ3) is 3.47. The number of carboxylic acids is 1. The molecule has 0 fully saturated rings. The van der Waals surface area contributed by atoms with E-state index >= 15 is 0 Å². The number of likely N-dealkylation sites (N-methyl/N-ethyl adjacent to an activating group) is 1. The number of aliphatic carboxylic acids is 1. The lowest BCUT2D eigenvalue weighted by Gasteiger charge is -2.16. The van der Waals surface area contributed by atoms with E-state index < -0.39 is 5.97 Å². The fourth-order valence-corrected chi connectivity index (χ4v) is 2.19. The van der Waals surface area contributed by atoms with E-state index in [1.54, 1.807) is 11.3 Å². The Hall–Kier alpha value is -0.870. The van der Waals surface area contributed by atoms with Gasteiger partial charge in [-0.2, -0.15) is 0 Å². The van der Waals surface area contributed by atoms with Crippen molar-refractivity contribution in [3.8, 4) is 0 Å². The molecule has 1 heterocycles. The third-order valence-corrected chi connectivity index (χ3v) is 2.97. The van der Waals surface area contributed by atoms with Crippen molar-refractivity contribution in [2.24, 2.45) is 0 Å². The molecule has 0 saturated carbocycles. The second-order valence-electron chi connectivity index (χ2n) is 3.21. The minimum atomic E-state index is -0.764. The molecule has 0 unspecified atom stereocenters. The Morgan fingerprint density at radius 3 is 2.71 bits per heavy atom. The predicted molar refractivity (Wildman–Crippen MR) is 57.6 cm³/mol. The molecular weight excluding hydrogens is 198 g/mol. The highest BCUT2D eigenvalue weighted by atomic mass is 32.1. The first-order valence-electron chi connectivity index (χ1n) is 4.61. The highest BCUT2D eigenvalue weighted by Crippen LogP contribution is 2.16. The molecule has 4 heteroatoms. The number of thiophene rings is 1. The minimum Gasteiger partial charge on any atom is -0.480 e. The van der Waals surface area contributed by atoms with Crippen molar-refractivity contribution in [1.82, 2.24) is 4.90 Å². The van der Waals surface area contributed by atoms with Gasteiger partial charge in [-0.3, -0.25) is 9.69 Å². The molecule has 78 valence electrons. The summed E-state index contributed by atoms with van der Waals surface area (Å²) in [6, 6.07) is 4.12. The number of hydrogen-bond acceptors (Lipinski definition) is 3. The number of carboxylic acid groups (broad SMARTS) is 1. The van der Waals surface area contributed by atoms with Crippen LogP contribution in [0.3, 0.4) is 0 Å². The second kappa shape index (κ2) is 5.12. The van der Waals surface area contributed by atoms with Crippen molar-refractivity contribution in [2.75, 3.05) is 13.1 Å². The van der Waals surface area contributed by atoms with E-state index in [0.717, 1.165) is 13.1 Å². The maximum atomic E-state index is 10.5. The average Bonchev–Trinajstić information content (AvgIpc) is 2.49. The van der Waals surface area contributed by atoms with Crippen LogP contribution in [0.5, 0.6) is 0 Å². The lowest BCUT2D eigenvalue weighted by molar-refractivity contribution is -0.138. The number of carbonyl (C=O) groups is 1. The van der Waals surface area contributed by atoms with E-state index in [1.807, 2.05) is 11.8 Å². The monoisotopic (exact) mass is 213 g/mol. The predicted octanol–water partition coefficient (Wildman–Crippen LogP) is 1.96. The summed E-state index contributed by atoms with van der Waals surface area (Å²) >= 11 is 1.72. The molecule has 0 aliphatic carbocycles. The molecule has 1 aromatic rings. The van der Waals surface area contributed by atoms with Crippen LogP contribution in [0.25, 0.3) is 0 Å². The van der Waals surface area contributed by atoms with E-state index in [4.69, 9.17) is 5.11 Å². The smallest absolute Gasteiger partial charge is 0.317 e. The summed E-state index contributed by atoms with van der Waals surface area (Å²) in [5, 5.41) is 8.66. The molecule has 0 aliphatic rings. The molecule has 3 nitrogen and oxygen atoms in total. The zero-order valence-corrected chi connectivity index (χ0v) is 9.30. The summed E-state index contributed by atoms with van der Waals surface area (Å²) < 4.78 is 0. The van der Waals surface area contributed by atoms with Crippen LogP contribution in [0.15, 0.2) is 12.1 Å². The fourth-order valence-electron chi connectivity index (χ4n) is 1.26. The van der Waals surface area contributed by atoms with E-state index in [2.05, 4.69) is 19.1 Å². The third-order valence-electron chi connectivity index (χ3n) is 1.98. The van der Waals surface area contributed by atoms with E-state index in [0.29, 0.717) is 0 Å². The van der Waals surface area contributed by atoms with Gasteiger partial charge in [-0.1, -0.05) is 6.92 Å². The molecule has 0 spiro atoms. The number of hydrogen-bond donors (Lipinski definition) is 1. The summed E-state index contributed by atoms with van der Waals surface area (Å²) in [5.74, 6) is -0.764. The van der Waals surface area contributed by atoms with Crippen molar-refractivity contribution in [3.63, 3.8) is 0 Å². The van der Waals surface area contributed by atoms with Crippen molar-refractivity contribution >= 4 is 17.3 Å². The van der Waals surface area contributed by atoms with E-state index in [9.17, 15) is 4.79 Å². The molecule has 0 bridgehead atoms. The van der Waals surface area contributed by atoms with Gasteiger partial charge >= 0.3 is 5.97 Å². The second-order valence-corrected chi connectivity index (χ2v) is 4.58. The normalized spacial score (nSPS) is 10.8. The SMILES string of the molecule is CCN(CC(=O)O)Cc1ccc(C)s1. The topological polar surface area (TPSA) is 40.5 Å². The fraction of sp³-hybridized carbons (Fsp3) is 0.500. The van der Waals surface area contributed by atoms with Crippen LogP contribution in [0.1, 0.15) is 16.7 Å². The highest BCUT2D eigenvalue weighted by Gasteiger charge is 2.08. The number of rotatable bonds is 5. The Bertz CT molecular complexity index is 309. The number of aryl methyl sites for hydroxylation is 1. The lowest BCUT2D eigenvalue weighted by atomic mass is 10.4. The zero-order chi connectivity index (χ0) is 10.6. The van der Waals surface area contributed by atoms with Gasteiger partial charge in [0, 0.05) is 16.3 Å². The first-order valence-corrected chi connectivity index (χ1v) is 5.43. The van der Waals surface area contributed by atoms with Crippen molar-refractivity contribution in [2.45, 2.75) is 20.4 Å². The van der Waals surface area contributed by atoms with Gasteiger partial charge in [-0.25, -0.2) is 0 Å². The summed E-state index contributed by atoms with van der Waals surface area (Å²) in [5.41, 5.74) is 0. The molecule has 0 amide bonds. The Labute approximate surface area is 88.0 Å². The quantitative estimate of drug-likeness (QED) is 0.813. The van der Waals surface area contributed by atoms with Crippen molar-refractivity contribution in [1.29, 1.82) is 0 Å². The summed E-state index contributed by atoms with van der Waals surface area (Å²) in [6.45, 7) is 5.66. The summed E-state index contributed by atoms with van der Waals surface area (Å²) in [7, 11) is 0. The minimum absolute atomic E-state index is 0.118. The maximum absolute atomic E-state index is 10.5. The first kappa shape index (κ1) is 11.2. The largest absolute Gasteiger partial charge is 0.480 e. The Morgan fingerprint density at radius 1 is 1.57 bits per heavy atom. The van der Waals surface area contributed by atoms with Gasteiger partial charge < -0.3 is 5.11 Å². The zero-order valence-electron chi connectivity index (χ0n) is 8.49. The highest BCUT2D eigenvalue weighted by molar-refractivity contribution is 7.11. The molecule has 1 aromatic heterocycles. The van der Waals surface area contributed by atoms with Crippen LogP contribution in [-0.2, 0) is 11.3 Å². The molecule has 0 saturated heterocycles. The van der Waals surface area contributed by atoms with Gasteiger partial charge in [0.1, 0.15) is 0 Å². The van der Waals surface area contributed by atoms with Crippen LogP contribution in [0.2, 0.25) is 0 Å². The molecule has 1 rings (SSSR count). The lowest BCUT2D eigenvalue weighted by Crippen LogP contribution is -2.28. The Balaban J connectivity index is 2.52. The van der Waals surface area contributed by atoms with Gasteiger partial charge in [0.2, 0.25) is 0 Å². The molecule has 0 aliphatic heterocycles. The molecule has 1 N–H and O–H groups in total. The molecular formula is C10H15NO2S. The average molecular weight is 213 g/mol. The van der Waals surface area contributed by atoms with E-state index in [1.165, 1.54) is 9.75 Å². The van der Waals surface area contributed by atoms with Crippen molar-refractivity contribution < 1.29 is 9.90 Å². The van der Waals surface area contributed by atoms with Crippen LogP contribution in [-0.4, -0.2) is 29.1 Å². The van der Waals surface area contributed by atoms with Gasteiger partial charge in [0.05, 0.1) is 6.54 Å². The van der Waals surface area contributed by atoms with Gasteiger partial charge in [0.25, 0.3) is 0 Å². The Kier molecular flexibility index (Phi) is 4.10. The van der Waals surface area contributed by atoms with Gasteiger partial charge in [0.15, 0.2) is 0 Å². The van der Waals surface area contributed by atoms with E-state index in [-0.39, 0.29) is 6.54 Å². The number of nitrogens with zero attached hydrogens (tertiary/aromatic N) is 1. The standard InChI is InChI=1S/C10H15NO2S/c1-3-11(7-10(12)13)6-9-5-4-8(2)14-9/h4-5H,3,6-7H2,1-2H3,(H,12,13). The first-order chi connectivity index (χ1) is 6.61. The maximum Gasteiger partial charge on any atom is 0.317 e. The van der Waals surface area contributed by atoms with Gasteiger partial charge in [-0.05, 0) is 25.6 Å². The van der Waals surface area contributed by atoms with Crippen LogP contribution >= 0.6 is 11.3 Å². The van der Waals surface area contributed by atoms with Crippen LogP contribution in [0.4, 0.5) is 0 Å². The van der Waals surface area contributed by atoms with Crippen LogP contribution in [0, 0.1) is 6.92 Å². The molecule has 0 aromatic carbocycles. The molecule has 0 radical (unpaired) electrons. The Morgan fingerprint density at radius 2 is 2.29 bits per heavy atom. The van der Waals surface area contributed by atoms with Gasteiger partial charge in [-0.15, -0.1) is 11.3 Å². The summed E-state index contributed by atoms with van der Waals surface area (Å²) in [6.07, 6.45) is 0. The van der Waals surface area contributed by atoms with Crippen LogP contribution < -0.4 is 0 Å². The molecule has 0 atom stereocenters. The molecule has 14 heavy (non-hydrogen) atoms. The van der Waals surface area contributed by atoms with Crippen molar-refractivity contribution in [3.05, 3.63) is 21.9 Å². The summed E-state index contributed by atoms with van der Waals surface area (Å²) in [4.78, 5) is 14.9.